The number of aliphatic hydroxyl groups is 1. The summed E-state index contributed by atoms with van der Waals surface area (Å²) >= 11 is 2.69. The Labute approximate surface area is 449 Å². The van der Waals surface area contributed by atoms with Crippen LogP contribution in [0.4, 0.5) is 4.39 Å². The summed E-state index contributed by atoms with van der Waals surface area (Å²) < 4.78 is 151. The van der Waals surface area contributed by atoms with Crippen LogP contribution in [0.1, 0.15) is 16.7 Å². The standard InChI is InChI=1S/C51H35BrFN3O19S3/c1-4-28-22-34(25-37-40(28)66-46(54-37)31-16-10-7-11-17-31)70-76(60,61)73-43-44(74-77(62,63)71-35-23-29(5-2)41-38(26-35)55-47(67-41)32-18-12-8-13-19-32)51(53,59)69-45(49(57)58)50(43,52)75-78(64,65)72-36-24-30(6-3)42-39(27-36)56-48(68-42)33-20-14-9-15-21-33/h4-27,43-45,59H,1-3H2,(H,57,58)/t43-,44-,45-,50+,51?/m1/s1. The first-order valence-corrected chi connectivity index (χ1v) is 27.1. The molecule has 0 aliphatic carbocycles. The van der Waals surface area contributed by atoms with E-state index in [0.717, 1.165) is 36.4 Å². The fourth-order valence-corrected chi connectivity index (χ4v) is 11.8. The monoisotopic (exact) mass is 1190 g/mol. The molecule has 9 aromatic rings. The molecule has 2 N–H and O–H groups in total. The van der Waals surface area contributed by atoms with Crippen molar-refractivity contribution in [3.05, 3.63) is 164 Å². The van der Waals surface area contributed by atoms with Crippen LogP contribution in [0.15, 0.2) is 160 Å². The Hall–Kier alpha value is -8.12. The van der Waals surface area contributed by atoms with Gasteiger partial charge < -0.3 is 40.8 Å². The summed E-state index contributed by atoms with van der Waals surface area (Å²) in [5, 5.41) is 21.7. The average molecular weight is 1190 g/mol. The van der Waals surface area contributed by atoms with E-state index in [2.05, 4.69) is 50.6 Å². The molecule has 10 rings (SSSR count). The molecule has 27 heteroatoms. The number of ether oxygens (including phenoxy) is 1. The highest BCUT2D eigenvalue weighted by Gasteiger charge is 2.71. The molecule has 1 aliphatic rings. The molecule has 4 heterocycles. The Balaban J connectivity index is 1.03. The minimum Gasteiger partial charge on any atom is -0.479 e. The number of carbonyl (C=O) groups is 1. The van der Waals surface area contributed by atoms with Crippen molar-refractivity contribution >= 4 is 105 Å². The van der Waals surface area contributed by atoms with Crippen molar-refractivity contribution in [1.29, 1.82) is 0 Å². The van der Waals surface area contributed by atoms with E-state index < -0.39 is 83.3 Å². The maximum atomic E-state index is 16.8. The fourth-order valence-electron chi connectivity index (χ4n) is 8.02. The summed E-state index contributed by atoms with van der Waals surface area (Å²) in [4.78, 5) is 26.1. The van der Waals surface area contributed by atoms with Crippen LogP contribution in [0.5, 0.6) is 17.2 Å². The van der Waals surface area contributed by atoms with Crippen LogP contribution < -0.4 is 12.5 Å². The van der Waals surface area contributed by atoms with Gasteiger partial charge in [0, 0.05) is 51.6 Å². The third-order valence-electron chi connectivity index (χ3n) is 11.3. The number of aliphatic carboxylic acids is 1. The van der Waals surface area contributed by atoms with Crippen molar-refractivity contribution < 1.29 is 87.7 Å². The number of hydrogen-bond acceptors (Lipinski definition) is 21. The molecule has 1 saturated heterocycles. The van der Waals surface area contributed by atoms with Crippen LogP contribution in [0.2, 0.25) is 0 Å². The maximum absolute atomic E-state index is 16.8. The predicted octanol–water partition coefficient (Wildman–Crippen LogP) is 9.29. The van der Waals surface area contributed by atoms with Crippen LogP contribution in [-0.4, -0.2) is 85.3 Å². The van der Waals surface area contributed by atoms with Gasteiger partial charge in [-0.3, -0.25) is 0 Å². The van der Waals surface area contributed by atoms with Crippen molar-refractivity contribution in [3.63, 3.8) is 0 Å². The van der Waals surface area contributed by atoms with Crippen LogP contribution in [0.25, 0.3) is 85.9 Å². The van der Waals surface area contributed by atoms with Gasteiger partial charge >= 0.3 is 43.2 Å². The number of fused-ring (bicyclic) bond motifs is 3. The van der Waals surface area contributed by atoms with E-state index in [1.165, 1.54) is 18.2 Å². The first-order chi connectivity index (χ1) is 37.1. The Bertz CT molecular complexity index is 4200. The number of aromatic nitrogens is 3. The van der Waals surface area contributed by atoms with Crippen molar-refractivity contribution in [3.8, 4) is 51.6 Å². The number of carboxylic acid groups (broad SMARTS) is 1. The molecule has 3 aromatic heterocycles. The summed E-state index contributed by atoms with van der Waals surface area (Å²) in [6, 6.07) is 27.1. The molecule has 0 amide bonds. The van der Waals surface area contributed by atoms with Crippen molar-refractivity contribution in [2.45, 2.75) is 28.9 Å². The normalized spacial score (nSPS) is 19.9. The molecule has 1 unspecified atom stereocenters. The lowest BCUT2D eigenvalue weighted by Crippen LogP contribution is -2.71. The minimum atomic E-state index is -5.95. The molecular formula is C51H35BrFN3O19S3. The highest BCUT2D eigenvalue weighted by molar-refractivity contribution is 9.10. The van der Waals surface area contributed by atoms with E-state index in [0.29, 0.717) is 16.7 Å². The van der Waals surface area contributed by atoms with Crippen LogP contribution >= 0.6 is 15.9 Å². The zero-order chi connectivity index (χ0) is 55.4. The Morgan fingerprint density at radius 2 is 0.897 bits per heavy atom. The number of benzene rings is 6. The lowest BCUT2D eigenvalue weighted by molar-refractivity contribution is -0.390. The van der Waals surface area contributed by atoms with E-state index >= 15 is 4.39 Å². The third-order valence-corrected chi connectivity index (χ3v) is 15.1. The van der Waals surface area contributed by atoms with E-state index in [1.807, 2.05) is 0 Å². The highest BCUT2D eigenvalue weighted by atomic mass is 79.9. The van der Waals surface area contributed by atoms with Gasteiger partial charge in [-0.15, -0.1) is 0 Å². The lowest BCUT2D eigenvalue weighted by Gasteiger charge is -2.47. The molecule has 0 bridgehead atoms. The maximum Gasteiger partial charge on any atom is 0.450 e. The zero-order valence-corrected chi connectivity index (χ0v) is 43.4. The molecule has 0 saturated carbocycles. The second-order valence-electron chi connectivity index (χ2n) is 16.6. The van der Waals surface area contributed by atoms with Gasteiger partial charge in [0.1, 0.15) is 33.8 Å². The third kappa shape index (κ3) is 10.8. The number of oxazole rings is 3. The predicted molar refractivity (Wildman–Crippen MR) is 278 cm³/mol. The molecule has 1 aliphatic heterocycles. The molecule has 0 spiro atoms. The summed E-state index contributed by atoms with van der Waals surface area (Å²) in [7, 11) is -17.8. The molecule has 1 fully saturated rings. The number of alkyl halides is 2. The molecule has 22 nitrogen and oxygen atoms in total. The molecule has 5 atom stereocenters. The number of carboxylic acids is 1. The van der Waals surface area contributed by atoms with Crippen molar-refractivity contribution in [2.24, 2.45) is 0 Å². The van der Waals surface area contributed by atoms with E-state index in [9.17, 15) is 40.3 Å². The van der Waals surface area contributed by atoms with E-state index in [1.54, 1.807) is 91.0 Å². The number of hydrogen-bond donors (Lipinski definition) is 2. The zero-order valence-electron chi connectivity index (χ0n) is 39.4. The first-order valence-electron chi connectivity index (χ1n) is 22.3. The summed E-state index contributed by atoms with van der Waals surface area (Å²) in [5.74, 6) is -4.00. The Kier molecular flexibility index (Phi) is 13.9. The van der Waals surface area contributed by atoms with Crippen LogP contribution in [0, 0.1) is 0 Å². The van der Waals surface area contributed by atoms with Gasteiger partial charge in [-0.05, 0) is 70.5 Å². The molecular weight excluding hydrogens is 1150 g/mol. The van der Waals surface area contributed by atoms with Gasteiger partial charge in [-0.1, -0.05) is 92.6 Å². The quantitative estimate of drug-likeness (QED) is 0.0712. The fraction of sp³-hybridized carbons (Fsp3) is 0.0980. The largest absolute Gasteiger partial charge is 0.479 e. The SMILES string of the molecule is C=Cc1cc(OS(=O)(=O)O[C@@H]2[C@@H](OS(=O)(=O)Oc3cc(C=C)c4oc(-c5ccccc5)nc4c3)[C@](Br)(OS(=O)(=O)Oc3cc(C=C)c4oc(-c5ccccc5)nc4c3)[C@@H](C(=O)O)OC2(O)F)cc2nc(-c3ccccc3)oc12. The lowest BCUT2D eigenvalue weighted by atomic mass is 9.98. The van der Waals surface area contributed by atoms with E-state index in [-0.39, 0.29) is 67.7 Å². The Morgan fingerprint density at radius 3 is 1.23 bits per heavy atom. The smallest absolute Gasteiger partial charge is 0.450 e. The molecule has 6 aromatic carbocycles. The number of halogens is 2. The van der Waals surface area contributed by atoms with Gasteiger partial charge in [-0.2, -0.15) is 29.6 Å². The second kappa shape index (κ2) is 20.4. The van der Waals surface area contributed by atoms with Crippen LogP contribution in [-0.2, 0) is 53.3 Å². The summed E-state index contributed by atoms with van der Waals surface area (Å²) in [5.41, 5.74) is 2.14. The topological polar surface area (TPSA) is 303 Å². The van der Waals surface area contributed by atoms with Crippen molar-refractivity contribution in [1.82, 2.24) is 15.0 Å². The Morgan fingerprint density at radius 1 is 0.564 bits per heavy atom. The first kappa shape index (κ1) is 53.3. The number of rotatable bonds is 19. The van der Waals surface area contributed by atoms with Crippen LogP contribution in [0.3, 0.4) is 0 Å². The van der Waals surface area contributed by atoms with Gasteiger partial charge in [0.2, 0.25) is 28.3 Å². The van der Waals surface area contributed by atoms with Crippen molar-refractivity contribution in [2.75, 3.05) is 0 Å². The minimum absolute atomic E-state index is 0.000655. The average Bonchev–Trinajstić information content (AvgIpc) is 4.30. The van der Waals surface area contributed by atoms with E-state index in [4.69, 9.17) is 43.1 Å². The number of nitrogens with zero attached hydrogens (tertiary/aromatic N) is 3. The molecule has 0 radical (unpaired) electrons. The summed E-state index contributed by atoms with van der Waals surface area (Å²) in [6.45, 7) is 11.1. The highest BCUT2D eigenvalue weighted by Crippen LogP contribution is 2.48. The molecule has 78 heavy (non-hydrogen) atoms. The van der Waals surface area contributed by atoms with Gasteiger partial charge in [0.05, 0.1) is 0 Å². The van der Waals surface area contributed by atoms with Gasteiger partial charge in [0.15, 0.2) is 29.0 Å². The molecule has 400 valence electrons. The van der Waals surface area contributed by atoms with Gasteiger partial charge in [0.25, 0.3) is 0 Å². The van der Waals surface area contributed by atoms with Gasteiger partial charge in [-0.25, -0.2) is 32.3 Å². The second-order valence-corrected chi connectivity index (χ2v) is 21.3. The summed E-state index contributed by atoms with van der Waals surface area (Å²) in [6.07, 6.45) is -6.47.